The monoisotopic (exact) mass is 352 g/mol. The third-order valence-corrected chi connectivity index (χ3v) is 3.66. The Balaban J connectivity index is 2.90. The number of hydroxylamine groups is 1. The number of ether oxygens (including phenoxy) is 1. The van der Waals surface area contributed by atoms with E-state index in [2.05, 4.69) is 5.32 Å². The van der Waals surface area contributed by atoms with Crippen molar-refractivity contribution < 1.29 is 29.4 Å². The average Bonchev–Trinajstić information content (AvgIpc) is 2.58. The van der Waals surface area contributed by atoms with Crippen LogP contribution in [0.5, 0.6) is 5.75 Å². The molecule has 8 nitrogen and oxygen atoms in total. The van der Waals surface area contributed by atoms with Gasteiger partial charge in [-0.05, 0) is 36.5 Å². The summed E-state index contributed by atoms with van der Waals surface area (Å²) in [5, 5.41) is 20.5. The van der Waals surface area contributed by atoms with Crippen molar-refractivity contribution in [2.45, 2.75) is 32.7 Å². The molecule has 0 bridgehead atoms. The highest BCUT2D eigenvalue weighted by molar-refractivity contribution is 6.01. The molecule has 8 heteroatoms. The summed E-state index contributed by atoms with van der Waals surface area (Å²) in [4.78, 5) is 35.5. The first-order valence-corrected chi connectivity index (χ1v) is 7.88. The van der Waals surface area contributed by atoms with E-state index < -0.39 is 29.7 Å². The second-order valence-corrected chi connectivity index (χ2v) is 6.11. The van der Waals surface area contributed by atoms with Gasteiger partial charge in [0.1, 0.15) is 17.7 Å². The lowest BCUT2D eigenvalue weighted by Crippen LogP contribution is -2.48. The van der Waals surface area contributed by atoms with E-state index in [1.807, 2.05) is 13.8 Å². The van der Waals surface area contributed by atoms with Gasteiger partial charge in [-0.3, -0.25) is 14.8 Å². The second-order valence-electron chi connectivity index (χ2n) is 6.11. The molecule has 0 aliphatic rings. The molecule has 138 valence electrons. The Morgan fingerprint density at radius 3 is 2.16 bits per heavy atom. The molecule has 1 rings (SSSR count). The van der Waals surface area contributed by atoms with Crippen LogP contribution in [0.15, 0.2) is 24.3 Å². The number of rotatable bonds is 9. The third kappa shape index (κ3) is 6.42. The molecule has 0 spiro atoms. The molecule has 2 amide bonds. The Kier molecular flexibility index (Phi) is 7.87. The molecule has 1 aromatic rings. The van der Waals surface area contributed by atoms with E-state index in [1.54, 1.807) is 24.3 Å². The minimum atomic E-state index is -1.26. The topological polar surface area (TPSA) is 125 Å². The Morgan fingerprint density at radius 1 is 1.12 bits per heavy atom. The van der Waals surface area contributed by atoms with Crippen molar-refractivity contribution in [3.05, 3.63) is 29.8 Å². The lowest BCUT2D eigenvalue weighted by molar-refractivity contribution is -0.146. The first-order chi connectivity index (χ1) is 11.8. The van der Waals surface area contributed by atoms with Gasteiger partial charge in [0.15, 0.2) is 0 Å². The molecular formula is C17H24N2O6. The van der Waals surface area contributed by atoms with Crippen molar-refractivity contribution in [1.82, 2.24) is 10.8 Å². The van der Waals surface area contributed by atoms with Gasteiger partial charge >= 0.3 is 5.97 Å². The number of amides is 2. The van der Waals surface area contributed by atoms with Gasteiger partial charge in [0, 0.05) is 0 Å². The summed E-state index contributed by atoms with van der Waals surface area (Å²) in [6, 6.07) is 5.64. The Bertz CT molecular complexity index is 600. The molecule has 1 unspecified atom stereocenters. The number of benzene rings is 1. The maximum atomic E-state index is 12.4. The Morgan fingerprint density at radius 2 is 1.72 bits per heavy atom. The quantitative estimate of drug-likeness (QED) is 0.298. The van der Waals surface area contributed by atoms with E-state index in [-0.39, 0.29) is 18.8 Å². The van der Waals surface area contributed by atoms with Crippen LogP contribution in [0.25, 0.3) is 0 Å². The summed E-state index contributed by atoms with van der Waals surface area (Å²) in [6.07, 6.45) is 0.243. The molecule has 0 fully saturated rings. The van der Waals surface area contributed by atoms with Crippen molar-refractivity contribution in [2.75, 3.05) is 7.11 Å². The highest BCUT2D eigenvalue weighted by atomic mass is 16.5. The number of aliphatic carboxylic acids is 1. The molecule has 1 aromatic carbocycles. The van der Waals surface area contributed by atoms with Gasteiger partial charge < -0.3 is 15.2 Å². The summed E-state index contributed by atoms with van der Waals surface area (Å²) in [7, 11) is 1.52. The molecule has 2 atom stereocenters. The van der Waals surface area contributed by atoms with Crippen LogP contribution in [0.3, 0.4) is 0 Å². The SMILES string of the molecule is COc1ccc(CC(C(=O)NO)C(=O)N[C@@H](CC(C)C)C(=O)O)cc1. The van der Waals surface area contributed by atoms with E-state index in [0.29, 0.717) is 11.3 Å². The molecule has 0 aromatic heterocycles. The van der Waals surface area contributed by atoms with Crippen LogP contribution < -0.4 is 15.5 Å². The third-order valence-electron chi connectivity index (χ3n) is 3.66. The lowest BCUT2D eigenvalue weighted by atomic mass is 9.96. The van der Waals surface area contributed by atoms with Crippen LogP contribution in [0.1, 0.15) is 25.8 Å². The Hall–Kier alpha value is -2.61. The molecule has 25 heavy (non-hydrogen) atoms. The molecule has 0 saturated heterocycles. The standard InChI is InChI=1S/C17H24N2O6/c1-10(2)8-14(17(22)23)18-15(20)13(16(21)19-24)9-11-4-6-12(25-3)7-5-11/h4-7,10,13-14,24H,8-9H2,1-3H3,(H,18,20)(H,19,21)(H,22,23)/t13?,14-/m0/s1. The normalized spacial score (nSPS) is 13.0. The largest absolute Gasteiger partial charge is 0.497 e. The summed E-state index contributed by atoms with van der Waals surface area (Å²) in [5.74, 6) is -3.41. The Labute approximate surface area is 146 Å². The number of carboxylic acid groups (broad SMARTS) is 1. The van der Waals surface area contributed by atoms with Gasteiger partial charge in [-0.2, -0.15) is 0 Å². The van der Waals surface area contributed by atoms with Crippen LogP contribution >= 0.6 is 0 Å². The predicted octanol–water partition coefficient (Wildman–Crippen LogP) is 0.975. The van der Waals surface area contributed by atoms with Crippen molar-refractivity contribution >= 4 is 17.8 Å². The van der Waals surface area contributed by atoms with Crippen LogP contribution in [0, 0.1) is 11.8 Å². The average molecular weight is 352 g/mol. The summed E-state index contributed by atoms with van der Waals surface area (Å²) in [5.41, 5.74) is 2.13. The van der Waals surface area contributed by atoms with Crippen molar-refractivity contribution in [1.29, 1.82) is 0 Å². The highest BCUT2D eigenvalue weighted by Gasteiger charge is 2.30. The van der Waals surface area contributed by atoms with E-state index in [1.165, 1.54) is 12.6 Å². The van der Waals surface area contributed by atoms with E-state index in [4.69, 9.17) is 9.94 Å². The number of carbonyl (C=O) groups is 3. The maximum absolute atomic E-state index is 12.4. The van der Waals surface area contributed by atoms with Crippen molar-refractivity contribution in [3.63, 3.8) is 0 Å². The maximum Gasteiger partial charge on any atom is 0.326 e. The van der Waals surface area contributed by atoms with Crippen LogP contribution in [-0.2, 0) is 20.8 Å². The smallest absolute Gasteiger partial charge is 0.326 e. The van der Waals surface area contributed by atoms with E-state index >= 15 is 0 Å². The summed E-state index contributed by atoms with van der Waals surface area (Å²) in [6.45, 7) is 3.66. The van der Waals surface area contributed by atoms with E-state index in [9.17, 15) is 19.5 Å². The molecule has 0 heterocycles. The number of nitrogens with one attached hydrogen (secondary N) is 2. The number of hydrogen-bond donors (Lipinski definition) is 4. The number of methoxy groups -OCH3 is 1. The molecule has 0 aliphatic carbocycles. The second kappa shape index (κ2) is 9.63. The van der Waals surface area contributed by atoms with Crippen LogP contribution in [-0.4, -0.2) is 41.2 Å². The molecule has 0 saturated carbocycles. The zero-order valence-corrected chi connectivity index (χ0v) is 14.5. The fourth-order valence-corrected chi connectivity index (χ4v) is 2.34. The van der Waals surface area contributed by atoms with Crippen molar-refractivity contribution in [3.8, 4) is 5.75 Å². The fraction of sp³-hybridized carbons (Fsp3) is 0.471. The lowest BCUT2D eigenvalue weighted by Gasteiger charge is -2.20. The van der Waals surface area contributed by atoms with Gasteiger partial charge in [-0.15, -0.1) is 0 Å². The molecule has 0 radical (unpaired) electrons. The molecule has 0 aliphatic heterocycles. The molecular weight excluding hydrogens is 328 g/mol. The minimum Gasteiger partial charge on any atom is -0.497 e. The van der Waals surface area contributed by atoms with Gasteiger partial charge in [-0.1, -0.05) is 26.0 Å². The number of carboxylic acids is 1. The van der Waals surface area contributed by atoms with Gasteiger partial charge in [-0.25, -0.2) is 10.3 Å². The zero-order valence-electron chi connectivity index (χ0n) is 14.5. The summed E-state index contributed by atoms with van der Waals surface area (Å²) < 4.78 is 5.04. The molecule has 4 N–H and O–H groups in total. The first-order valence-electron chi connectivity index (χ1n) is 7.88. The highest BCUT2D eigenvalue weighted by Crippen LogP contribution is 2.16. The summed E-state index contributed by atoms with van der Waals surface area (Å²) >= 11 is 0. The van der Waals surface area contributed by atoms with Crippen LogP contribution in [0.2, 0.25) is 0 Å². The fourth-order valence-electron chi connectivity index (χ4n) is 2.34. The van der Waals surface area contributed by atoms with Crippen LogP contribution in [0.4, 0.5) is 0 Å². The predicted molar refractivity (Wildman–Crippen MR) is 89.1 cm³/mol. The first kappa shape index (κ1) is 20.4. The van der Waals surface area contributed by atoms with Gasteiger partial charge in [0.25, 0.3) is 5.91 Å². The van der Waals surface area contributed by atoms with Gasteiger partial charge in [0.2, 0.25) is 5.91 Å². The zero-order chi connectivity index (χ0) is 19.0. The number of hydrogen-bond acceptors (Lipinski definition) is 5. The van der Waals surface area contributed by atoms with Crippen molar-refractivity contribution in [2.24, 2.45) is 11.8 Å². The van der Waals surface area contributed by atoms with Gasteiger partial charge in [0.05, 0.1) is 7.11 Å². The number of carbonyl (C=O) groups excluding carboxylic acids is 2. The minimum absolute atomic E-state index is 0.0102. The van der Waals surface area contributed by atoms with E-state index in [0.717, 1.165) is 0 Å².